The number of hydrogen-bond donors (Lipinski definition) is 0. The van der Waals surface area contributed by atoms with E-state index in [0.717, 1.165) is 23.2 Å². The van der Waals surface area contributed by atoms with Crippen molar-refractivity contribution in [1.82, 2.24) is 4.90 Å². The van der Waals surface area contributed by atoms with E-state index in [1.807, 2.05) is 0 Å². The Morgan fingerprint density at radius 3 is 2.50 bits per heavy atom. The van der Waals surface area contributed by atoms with Gasteiger partial charge in [-0.1, -0.05) is 36.8 Å². The van der Waals surface area contributed by atoms with Crippen LogP contribution < -0.4 is 0 Å². The summed E-state index contributed by atoms with van der Waals surface area (Å²) in [7, 11) is 0. The molecule has 0 saturated carbocycles. The van der Waals surface area contributed by atoms with Crippen molar-refractivity contribution in [2.24, 2.45) is 0 Å². The second-order valence-electron chi connectivity index (χ2n) is 3.42. The highest BCUT2D eigenvalue weighted by molar-refractivity contribution is 8.22. The summed E-state index contributed by atoms with van der Waals surface area (Å²) >= 11 is 6.98. The molecule has 1 heterocycles. The fourth-order valence-electron chi connectivity index (χ4n) is 1.53. The smallest absolute Gasteiger partial charge is 0.136 e. The van der Waals surface area contributed by atoms with Crippen LogP contribution in [0.5, 0.6) is 0 Å². The molecule has 0 N–H and O–H groups in total. The molecule has 0 aliphatic carbocycles. The van der Waals surface area contributed by atoms with Crippen LogP contribution >= 0.6 is 24.0 Å². The number of rotatable bonds is 2. The predicted molar refractivity (Wildman–Crippen MR) is 65.3 cm³/mol. The zero-order valence-electron chi connectivity index (χ0n) is 8.37. The molecule has 0 bridgehead atoms. The van der Waals surface area contributed by atoms with E-state index in [2.05, 4.69) is 11.0 Å². The Hall–Kier alpha value is -0.270. The summed E-state index contributed by atoms with van der Waals surface area (Å²) in [5.41, 5.74) is 0. The molecule has 0 aromatic heterocycles. The van der Waals surface area contributed by atoms with Crippen LogP contribution in [0.1, 0.15) is 32.1 Å². The third-order valence-corrected chi connectivity index (χ3v) is 3.83. The monoisotopic (exact) mass is 228 g/mol. The first kappa shape index (κ1) is 11.8. The van der Waals surface area contributed by atoms with Gasteiger partial charge in [0.25, 0.3) is 0 Å². The highest BCUT2D eigenvalue weighted by atomic mass is 32.2. The average Bonchev–Trinajstić information content (AvgIpc) is 2.46. The quantitative estimate of drug-likeness (QED) is 0.536. The van der Waals surface area contributed by atoms with Gasteiger partial charge in [0.05, 0.1) is 6.07 Å². The molecule has 0 spiro atoms. The minimum atomic E-state index is 0.596. The normalized spacial score (nSPS) is 17.2. The van der Waals surface area contributed by atoms with Gasteiger partial charge in [0.1, 0.15) is 4.32 Å². The first-order chi connectivity index (χ1) is 6.84. The lowest BCUT2D eigenvalue weighted by Gasteiger charge is -2.22. The van der Waals surface area contributed by atoms with Crippen molar-refractivity contribution < 1.29 is 0 Å². The highest BCUT2D eigenvalue weighted by Crippen LogP contribution is 2.16. The molecule has 0 amide bonds. The Kier molecular flexibility index (Phi) is 5.97. The van der Waals surface area contributed by atoms with Gasteiger partial charge in [-0.15, -0.1) is 0 Å². The fourth-order valence-corrected chi connectivity index (χ4v) is 2.69. The molecular weight excluding hydrogens is 212 g/mol. The summed E-state index contributed by atoms with van der Waals surface area (Å²) in [5.74, 6) is 0.839. The highest BCUT2D eigenvalue weighted by Gasteiger charge is 2.11. The lowest BCUT2D eigenvalue weighted by atomic mass is 10.2. The summed E-state index contributed by atoms with van der Waals surface area (Å²) in [5, 5.41) is 8.41. The van der Waals surface area contributed by atoms with Gasteiger partial charge in [-0.3, -0.25) is 0 Å². The molecule has 1 aliphatic rings. The molecule has 0 radical (unpaired) electrons. The molecule has 1 saturated heterocycles. The van der Waals surface area contributed by atoms with Crippen LogP contribution in [-0.2, 0) is 0 Å². The zero-order chi connectivity index (χ0) is 10.2. The molecule has 0 aromatic rings. The van der Waals surface area contributed by atoms with Crippen LogP contribution in [-0.4, -0.2) is 28.1 Å². The predicted octanol–water partition coefficient (Wildman–Crippen LogP) is 2.79. The number of thiocarbonyl (C=S) groups is 1. The van der Waals surface area contributed by atoms with Crippen molar-refractivity contribution in [2.45, 2.75) is 32.1 Å². The Labute approximate surface area is 95.7 Å². The minimum Gasteiger partial charge on any atom is -0.358 e. The van der Waals surface area contributed by atoms with E-state index < -0.39 is 0 Å². The van der Waals surface area contributed by atoms with Gasteiger partial charge in [-0.2, -0.15) is 5.26 Å². The summed E-state index contributed by atoms with van der Waals surface area (Å²) in [4.78, 5) is 2.30. The molecule has 2 nitrogen and oxygen atoms in total. The van der Waals surface area contributed by atoms with E-state index in [1.165, 1.54) is 25.7 Å². The van der Waals surface area contributed by atoms with E-state index in [4.69, 9.17) is 17.5 Å². The summed E-state index contributed by atoms with van der Waals surface area (Å²) in [6.07, 6.45) is 5.79. The molecule has 4 heteroatoms. The fraction of sp³-hybridized carbons (Fsp3) is 0.800. The third-order valence-electron chi connectivity index (χ3n) is 2.30. The Morgan fingerprint density at radius 1 is 1.29 bits per heavy atom. The van der Waals surface area contributed by atoms with Gasteiger partial charge in [-0.25, -0.2) is 0 Å². The largest absolute Gasteiger partial charge is 0.358 e. The van der Waals surface area contributed by atoms with Gasteiger partial charge < -0.3 is 4.90 Å². The first-order valence-corrected chi connectivity index (χ1v) is 6.52. The Bertz CT molecular complexity index is 215. The van der Waals surface area contributed by atoms with Crippen molar-refractivity contribution in [3.63, 3.8) is 0 Å². The van der Waals surface area contributed by atoms with Crippen molar-refractivity contribution in [3.8, 4) is 6.07 Å². The second-order valence-corrected chi connectivity index (χ2v) is 5.15. The SMILES string of the molecule is N#CCCSC(=S)N1CCCCCC1. The maximum absolute atomic E-state index is 8.41. The molecule has 1 rings (SSSR count). The summed E-state index contributed by atoms with van der Waals surface area (Å²) in [6.45, 7) is 2.22. The van der Waals surface area contributed by atoms with Gasteiger partial charge in [0, 0.05) is 25.3 Å². The van der Waals surface area contributed by atoms with Crippen LogP contribution in [0.3, 0.4) is 0 Å². The van der Waals surface area contributed by atoms with E-state index in [0.29, 0.717) is 6.42 Å². The number of nitriles is 1. The molecule has 0 unspecified atom stereocenters. The van der Waals surface area contributed by atoms with Crippen LogP contribution in [0.4, 0.5) is 0 Å². The molecule has 14 heavy (non-hydrogen) atoms. The number of nitrogens with zero attached hydrogens (tertiary/aromatic N) is 2. The maximum Gasteiger partial charge on any atom is 0.136 e. The van der Waals surface area contributed by atoms with Crippen molar-refractivity contribution >= 4 is 28.3 Å². The summed E-state index contributed by atoms with van der Waals surface area (Å²) < 4.78 is 0.988. The van der Waals surface area contributed by atoms with E-state index in [-0.39, 0.29) is 0 Å². The third kappa shape index (κ3) is 4.30. The van der Waals surface area contributed by atoms with Gasteiger partial charge in [-0.05, 0) is 12.8 Å². The number of thioether (sulfide) groups is 1. The first-order valence-electron chi connectivity index (χ1n) is 5.13. The van der Waals surface area contributed by atoms with Gasteiger partial charge in [0.2, 0.25) is 0 Å². The topological polar surface area (TPSA) is 27.0 Å². The van der Waals surface area contributed by atoms with E-state index in [9.17, 15) is 0 Å². The van der Waals surface area contributed by atoms with Gasteiger partial charge in [0.15, 0.2) is 0 Å². The van der Waals surface area contributed by atoms with Crippen LogP contribution in [0.25, 0.3) is 0 Å². The minimum absolute atomic E-state index is 0.596. The lowest BCUT2D eigenvalue weighted by Crippen LogP contribution is -2.28. The molecule has 1 aliphatic heterocycles. The molecule has 0 aromatic carbocycles. The van der Waals surface area contributed by atoms with Crippen molar-refractivity contribution in [1.29, 1.82) is 5.26 Å². The Balaban J connectivity index is 2.24. The lowest BCUT2D eigenvalue weighted by molar-refractivity contribution is 0.450. The number of hydrogen-bond acceptors (Lipinski definition) is 3. The van der Waals surface area contributed by atoms with Crippen LogP contribution in [0.2, 0.25) is 0 Å². The standard InChI is InChI=1S/C10H16N2S2/c11-6-5-9-14-10(13)12-7-3-1-2-4-8-12/h1-5,7-9H2. The van der Waals surface area contributed by atoms with Gasteiger partial charge >= 0.3 is 0 Å². The molecular formula is C10H16N2S2. The van der Waals surface area contributed by atoms with Crippen molar-refractivity contribution in [3.05, 3.63) is 0 Å². The number of likely N-dealkylation sites (tertiary alicyclic amines) is 1. The van der Waals surface area contributed by atoms with E-state index >= 15 is 0 Å². The average molecular weight is 228 g/mol. The second kappa shape index (κ2) is 7.08. The maximum atomic E-state index is 8.41. The molecule has 78 valence electrons. The molecule has 0 atom stereocenters. The van der Waals surface area contributed by atoms with Crippen LogP contribution in [0, 0.1) is 11.3 Å². The Morgan fingerprint density at radius 2 is 1.93 bits per heavy atom. The summed E-state index contributed by atoms with van der Waals surface area (Å²) in [6, 6.07) is 2.14. The van der Waals surface area contributed by atoms with Crippen LogP contribution in [0.15, 0.2) is 0 Å². The van der Waals surface area contributed by atoms with E-state index in [1.54, 1.807) is 11.8 Å². The molecule has 1 fully saturated rings. The zero-order valence-corrected chi connectivity index (χ0v) is 10.0. The van der Waals surface area contributed by atoms with Crippen molar-refractivity contribution in [2.75, 3.05) is 18.8 Å².